The zero-order chi connectivity index (χ0) is 15.0. The molecular weight excluding hydrogens is 298 g/mol. The van der Waals surface area contributed by atoms with Crippen molar-refractivity contribution in [2.45, 2.75) is 0 Å². The summed E-state index contributed by atoms with van der Waals surface area (Å²) in [5.74, 6) is -1.36. The third-order valence-electron chi connectivity index (χ3n) is 2.85. The molecule has 0 unspecified atom stereocenters. The smallest absolute Gasteiger partial charge is 0.174 e. The molecular formula is C14H9ClF2N4. The number of nitrogens with one attached hydrogen (secondary N) is 1. The number of para-hydroxylation sites is 2. The van der Waals surface area contributed by atoms with Crippen LogP contribution in [0.1, 0.15) is 0 Å². The fraction of sp³-hybridized carbons (Fsp3) is 0. The summed E-state index contributed by atoms with van der Waals surface area (Å²) >= 11 is 5.82. The number of hydrogen-bond acceptors (Lipinski definition) is 4. The maximum absolute atomic E-state index is 13.8. The van der Waals surface area contributed by atoms with Crippen molar-refractivity contribution in [3.63, 3.8) is 0 Å². The van der Waals surface area contributed by atoms with Crippen LogP contribution in [-0.2, 0) is 0 Å². The van der Waals surface area contributed by atoms with E-state index in [1.165, 1.54) is 0 Å². The Labute approximate surface area is 123 Å². The maximum atomic E-state index is 13.8. The molecule has 21 heavy (non-hydrogen) atoms. The van der Waals surface area contributed by atoms with Gasteiger partial charge in [-0.25, -0.2) is 18.7 Å². The van der Waals surface area contributed by atoms with Crippen LogP contribution in [0.5, 0.6) is 0 Å². The van der Waals surface area contributed by atoms with Gasteiger partial charge in [0.25, 0.3) is 0 Å². The highest BCUT2D eigenvalue weighted by molar-refractivity contribution is 6.33. The van der Waals surface area contributed by atoms with Gasteiger partial charge in [0, 0.05) is 6.07 Å². The van der Waals surface area contributed by atoms with Crippen LogP contribution in [0.4, 0.5) is 26.1 Å². The Hall–Kier alpha value is -2.47. The van der Waals surface area contributed by atoms with Crippen LogP contribution in [-0.4, -0.2) is 9.97 Å². The minimum Gasteiger partial charge on any atom is -0.381 e. The molecule has 0 saturated carbocycles. The number of nitrogens with zero attached hydrogens (tertiary/aromatic N) is 2. The number of nitrogen functional groups attached to an aromatic ring is 1. The summed E-state index contributed by atoms with van der Waals surface area (Å²) in [5, 5.41) is 2.55. The van der Waals surface area contributed by atoms with E-state index in [0.29, 0.717) is 11.0 Å². The first-order valence-corrected chi connectivity index (χ1v) is 6.36. The molecule has 3 N–H and O–H groups in total. The first kappa shape index (κ1) is 13.5. The Balaban J connectivity index is 2.08. The summed E-state index contributed by atoms with van der Waals surface area (Å²) in [6.45, 7) is 0. The van der Waals surface area contributed by atoms with Crippen molar-refractivity contribution in [1.29, 1.82) is 0 Å². The molecule has 0 spiro atoms. The van der Waals surface area contributed by atoms with Gasteiger partial charge in [0.2, 0.25) is 0 Å². The molecule has 0 saturated heterocycles. The van der Waals surface area contributed by atoms with E-state index in [4.69, 9.17) is 17.3 Å². The average molecular weight is 307 g/mol. The molecule has 0 aliphatic carbocycles. The minimum atomic E-state index is -0.839. The summed E-state index contributed by atoms with van der Waals surface area (Å²) in [7, 11) is 0. The normalized spacial score (nSPS) is 10.8. The lowest BCUT2D eigenvalue weighted by Crippen LogP contribution is -2.04. The number of fused-ring (bicyclic) bond motifs is 1. The van der Waals surface area contributed by atoms with Crippen LogP contribution >= 0.6 is 11.6 Å². The predicted molar refractivity (Wildman–Crippen MR) is 78.6 cm³/mol. The van der Waals surface area contributed by atoms with Gasteiger partial charge in [0.15, 0.2) is 17.5 Å². The van der Waals surface area contributed by atoms with Gasteiger partial charge >= 0.3 is 0 Å². The second-order valence-electron chi connectivity index (χ2n) is 4.32. The highest BCUT2D eigenvalue weighted by atomic mass is 35.5. The summed E-state index contributed by atoms with van der Waals surface area (Å²) < 4.78 is 26.8. The van der Waals surface area contributed by atoms with E-state index in [-0.39, 0.29) is 22.3 Å². The Bertz CT molecular complexity index is 815. The molecule has 0 aliphatic heterocycles. The Morgan fingerprint density at radius 1 is 1.05 bits per heavy atom. The van der Waals surface area contributed by atoms with Crippen molar-refractivity contribution in [1.82, 2.24) is 9.97 Å². The SMILES string of the molecule is Nc1nc2ccccc2nc1Nc1c(F)cc(F)cc1Cl. The van der Waals surface area contributed by atoms with Crippen molar-refractivity contribution in [2.24, 2.45) is 0 Å². The van der Waals surface area contributed by atoms with Crippen molar-refractivity contribution in [2.75, 3.05) is 11.1 Å². The van der Waals surface area contributed by atoms with Gasteiger partial charge in [-0.15, -0.1) is 0 Å². The first-order chi connectivity index (χ1) is 10.0. The van der Waals surface area contributed by atoms with Gasteiger partial charge in [-0.3, -0.25) is 0 Å². The molecule has 0 atom stereocenters. The number of rotatable bonds is 2. The molecule has 1 heterocycles. The molecule has 4 nitrogen and oxygen atoms in total. The van der Waals surface area contributed by atoms with Crippen LogP contribution in [0, 0.1) is 11.6 Å². The molecule has 106 valence electrons. The number of anilines is 3. The fourth-order valence-electron chi connectivity index (χ4n) is 1.89. The minimum absolute atomic E-state index is 0.0912. The van der Waals surface area contributed by atoms with Crippen LogP contribution in [0.3, 0.4) is 0 Å². The van der Waals surface area contributed by atoms with Gasteiger partial charge in [0.05, 0.1) is 21.7 Å². The zero-order valence-electron chi connectivity index (χ0n) is 10.6. The summed E-state index contributed by atoms with van der Waals surface area (Å²) in [5.41, 5.74) is 6.89. The van der Waals surface area contributed by atoms with Gasteiger partial charge in [0.1, 0.15) is 5.82 Å². The predicted octanol–water partition coefficient (Wildman–Crippen LogP) is 3.89. The molecule has 3 aromatic rings. The second kappa shape index (κ2) is 5.14. The number of hydrogen-bond donors (Lipinski definition) is 2. The molecule has 0 fully saturated rings. The zero-order valence-corrected chi connectivity index (χ0v) is 11.3. The van der Waals surface area contributed by atoms with Crippen molar-refractivity contribution in [3.8, 4) is 0 Å². The number of aromatic nitrogens is 2. The molecule has 0 bridgehead atoms. The number of benzene rings is 2. The molecule has 1 aromatic heterocycles. The quantitative estimate of drug-likeness (QED) is 0.754. The molecule has 0 aliphatic rings. The Morgan fingerprint density at radius 2 is 1.71 bits per heavy atom. The average Bonchev–Trinajstić information content (AvgIpc) is 2.43. The molecule has 2 aromatic carbocycles. The Morgan fingerprint density at radius 3 is 2.38 bits per heavy atom. The van der Waals surface area contributed by atoms with Crippen molar-refractivity contribution >= 4 is 40.0 Å². The molecule has 7 heteroatoms. The van der Waals surface area contributed by atoms with Gasteiger partial charge < -0.3 is 11.1 Å². The van der Waals surface area contributed by atoms with E-state index in [0.717, 1.165) is 12.1 Å². The fourth-order valence-corrected chi connectivity index (χ4v) is 2.13. The lowest BCUT2D eigenvalue weighted by Gasteiger charge is -2.11. The summed E-state index contributed by atoms with van der Waals surface area (Å²) in [6.07, 6.45) is 0. The third kappa shape index (κ3) is 2.57. The van der Waals surface area contributed by atoms with E-state index in [1.807, 2.05) is 0 Å². The second-order valence-corrected chi connectivity index (χ2v) is 4.72. The van der Waals surface area contributed by atoms with Crippen LogP contribution in [0.2, 0.25) is 5.02 Å². The lowest BCUT2D eigenvalue weighted by molar-refractivity contribution is 0.586. The summed E-state index contributed by atoms with van der Waals surface area (Å²) in [4.78, 5) is 8.42. The molecule has 0 amide bonds. The topological polar surface area (TPSA) is 63.8 Å². The van der Waals surface area contributed by atoms with Gasteiger partial charge in [-0.2, -0.15) is 0 Å². The molecule has 0 radical (unpaired) electrons. The first-order valence-electron chi connectivity index (χ1n) is 5.98. The summed E-state index contributed by atoms with van der Waals surface area (Å²) in [6, 6.07) is 8.82. The number of nitrogens with two attached hydrogens (primary N) is 1. The van der Waals surface area contributed by atoms with Crippen molar-refractivity contribution in [3.05, 3.63) is 53.1 Å². The van der Waals surface area contributed by atoms with E-state index < -0.39 is 11.6 Å². The van der Waals surface area contributed by atoms with Crippen LogP contribution in [0.15, 0.2) is 36.4 Å². The highest BCUT2D eigenvalue weighted by Gasteiger charge is 2.13. The standard InChI is InChI=1S/C14H9ClF2N4/c15-8-5-7(16)6-9(17)12(8)21-14-13(18)19-10-3-1-2-4-11(10)20-14/h1-6H,(H2,18,19)(H,20,21). The van der Waals surface area contributed by atoms with E-state index >= 15 is 0 Å². The monoisotopic (exact) mass is 306 g/mol. The van der Waals surface area contributed by atoms with Crippen LogP contribution in [0.25, 0.3) is 11.0 Å². The highest BCUT2D eigenvalue weighted by Crippen LogP contribution is 2.30. The van der Waals surface area contributed by atoms with Crippen molar-refractivity contribution < 1.29 is 8.78 Å². The van der Waals surface area contributed by atoms with Gasteiger partial charge in [-0.1, -0.05) is 23.7 Å². The lowest BCUT2D eigenvalue weighted by atomic mass is 10.2. The molecule has 3 rings (SSSR count). The maximum Gasteiger partial charge on any atom is 0.174 e. The van der Waals surface area contributed by atoms with E-state index in [2.05, 4.69) is 15.3 Å². The van der Waals surface area contributed by atoms with Gasteiger partial charge in [-0.05, 0) is 18.2 Å². The van der Waals surface area contributed by atoms with Crippen LogP contribution < -0.4 is 11.1 Å². The van der Waals surface area contributed by atoms with E-state index in [9.17, 15) is 8.78 Å². The number of halogens is 3. The largest absolute Gasteiger partial charge is 0.381 e. The van der Waals surface area contributed by atoms with E-state index in [1.54, 1.807) is 24.3 Å². The third-order valence-corrected chi connectivity index (χ3v) is 3.15. The Kier molecular flexibility index (Phi) is 3.31.